The van der Waals surface area contributed by atoms with Crippen LogP contribution in [0.3, 0.4) is 0 Å². The van der Waals surface area contributed by atoms with Gasteiger partial charge in [-0.2, -0.15) is 0 Å². The van der Waals surface area contributed by atoms with E-state index in [-0.39, 0.29) is 0 Å². The molecule has 1 nitrogen and oxygen atoms in total. The number of methoxy groups -OCH3 is 1. The molecule has 0 saturated carbocycles. The van der Waals surface area contributed by atoms with Crippen LogP contribution < -0.4 is 0 Å². The van der Waals surface area contributed by atoms with Gasteiger partial charge in [-0.15, -0.1) is 0 Å². The van der Waals surface area contributed by atoms with Gasteiger partial charge >= 0.3 is 0 Å². The lowest BCUT2D eigenvalue weighted by Gasteiger charge is -1.96. The average molecular weight is 182 g/mol. The Morgan fingerprint density at radius 2 is 1.77 bits per heavy atom. The van der Waals surface area contributed by atoms with Crippen molar-refractivity contribution < 1.29 is 4.74 Å². The summed E-state index contributed by atoms with van der Waals surface area (Å²) in [5.74, 6) is 0. The van der Waals surface area contributed by atoms with Gasteiger partial charge in [0.15, 0.2) is 0 Å². The van der Waals surface area contributed by atoms with Crippen molar-refractivity contribution in [1.29, 1.82) is 0 Å². The van der Waals surface area contributed by atoms with Crippen LogP contribution in [0.1, 0.15) is 27.7 Å². The summed E-state index contributed by atoms with van der Waals surface area (Å²) in [6.07, 6.45) is 5.88. The van der Waals surface area contributed by atoms with E-state index in [0.717, 1.165) is 5.57 Å². The number of hydrogen-bond donors (Lipinski definition) is 0. The monoisotopic (exact) mass is 182 g/mol. The van der Waals surface area contributed by atoms with Crippen molar-refractivity contribution in [1.82, 2.24) is 0 Å². The van der Waals surface area contributed by atoms with E-state index in [2.05, 4.69) is 26.5 Å². The van der Waals surface area contributed by atoms with Gasteiger partial charge in [0.2, 0.25) is 0 Å². The lowest BCUT2D eigenvalue weighted by atomic mass is 10.2. The molecular weight excluding hydrogens is 160 g/mol. The van der Waals surface area contributed by atoms with E-state index in [1.807, 2.05) is 26.0 Å². The SMILES string of the molecule is C=C/C(=C\C=C(C)C)COC.CC. The van der Waals surface area contributed by atoms with E-state index in [0.29, 0.717) is 6.61 Å². The lowest BCUT2D eigenvalue weighted by Crippen LogP contribution is -1.89. The minimum atomic E-state index is 0.632. The van der Waals surface area contributed by atoms with Crippen LogP contribution >= 0.6 is 0 Å². The molecule has 76 valence electrons. The molecule has 0 fully saturated rings. The van der Waals surface area contributed by atoms with Crippen LogP contribution in [0.4, 0.5) is 0 Å². The predicted octanol–water partition coefficient (Wildman–Crippen LogP) is 3.74. The average Bonchev–Trinajstić information content (AvgIpc) is 2.15. The molecule has 0 aromatic rings. The van der Waals surface area contributed by atoms with Crippen molar-refractivity contribution in [3.63, 3.8) is 0 Å². The van der Waals surface area contributed by atoms with Gasteiger partial charge < -0.3 is 4.74 Å². The highest BCUT2D eigenvalue weighted by Gasteiger charge is 1.86. The van der Waals surface area contributed by atoms with Crippen LogP contribution in [-0.4, -0.2) is 13.7 Å². The summed E-state index contributed by atoms with van der Waals surface area (Å²) in [6.45, 7) is 12.4. The second-order valence-electron chi connectivity index (χ2n) is 2.62. The molecule has 0 rings (SSSR count). The van der Waals surface area contributed by atoms with Crippen LogP contribution in [-0.2, 0) is 4.74 Å². The first-order valence-electron chi connectivity index (χ1n) is 4.66. The summed E-state index contributed by atoms with van der Waals surface area (Å²) < 4.78 is 4.96. The third kappa shape index (κ3) is 11.2. The van der Waals surface area contributed by atoms with E-state index >= 15 is 0 Å². The largest absolute Gasteiger partial charge is 0.380 e. The molecule has 0 aliphatic carbocycles. The smallest absolute Gasteiger partial charge is 0.0712 e. The maximum absolute atomic E-state index is 4.96. The Morgan fingerprint density at radius 1 is 1.23 bits per heavy atom. The van der Waals surface area contributed by atoms with Crippen LogP contribution in [0.15, 0.2) is 36.0 Å². The van der Waals surface area contributed by atoms with Gasteiger partial charge in [-0.1, -0.05) is 44.2 Å². The van der Waals surface area contributed by atoms with Gasteiger partial charge in [-0.25, -0.2) is 0 Å². The van der Waals surface area contributed by atoms with Gasteiger partial charge in [0, 0.05) is 7.11 Å². The topological polar surface area (TPSA) is 9.23 Å². The van der Waals surface area contributed by atoms with Crippen LogP contribution in [0.25, 0.3) is 0 Å². The third-order valence-electron chi connectivity index (χ3n) is 1.20. The first-order valence-corrected chi connectivity index (χ1v) is 4.66. The van der Waals surface area contributed by atoms with Gasteiger partial charge in [0.25, 0.3) is 0 Å². The normalized spacial score (nSPS) is 9.77. The Balaban J connectivity index is 0. The number of rotatable bonds is 4. The van der Waals surface area contributed by atoms with Gasteiger partial charge in [-0.05, 0) is 19.4 Å². The molecule has 0 unspecified atom stereocenters. The zero-order valence-electron chi connectivity index (χ0n) is 9.55. The molecular formula is C12H22O. The van der Waals surface area contributed by atoms with E-state index in [4.69, 9.17) is 4.74 Å². The minimum absolute atomic E-state index is 0.632. The Bertz CT molecular complexity index is 172. The van der Waals surface area contributed by atoms with E-state index in [1.165, 1.54) is 5.57 Å². The Hall–Kier alpha value is -0.820. The van der Waals surface area contributed by atoms with Crippen molar-refractivity contribution in [3.05, 3.63) is 36.0 Å². The molecule has 1 heteroatoms. The molecule has 0 N–H and O–H groups in total. The fourth-order valence-corrected chi connectivity index (χ4v) is 0.615. The second-order valence-corrected chi connectivity index (χ2v) is 2.62. The molecule has 0 aromatic heterocycles. The molecule has 0 aliphatic heterocycles. The molecule has 0 heterocycles. The Kier molecular flexibility index (Phi) is 12.6. The fourth-order valence-electron chi connectivity index (χ4n) is 0.615. The van der Waals surface area contributed by atoms with Crippen molar-refractivity contribution in [2.45, 2.75) is 27.7 Å². The summed E-state index contributed by atoms with van der Waals surface area (Å²) in [4.78, 5) is 0. The minimum Gasteiger partial charge on any atom is -0.380 e. The second kappa shape index (κ2) is 11.2. The Labute approximate surface area is 82.8 Å². The molecule has 0 aliphatic rings. The molecule has 0 saturated heterocycles. The van der Waals surface area contributed by atoms with Crippen molar-refractivity contribution in [2.24, 2.45) is 0 Å². The van der Waals surface area contributed by atoms with Crippen LogP contribution in [0.2, 0.25) is 0 Å². The summed E-state index contributed by atoms with van der Waals surface area (Å²) in [7, 11) is 1.68. The molecule has 0 bridgehead atoms. The number of hydrogen-bond acceptors (Lipinski definition) is 1. The van der Waals surface area contributed by atoms with Gasteiger partial charge in [0.05, 0.1) is 6.61 Å². The summed E-state index contributed by atoms with van der Waals surface area (Å²) >= 11 is 0. The highest BCUT2D eigenvalue weighted by molar-refractivity contribution is 5.23. The highest BCUT2D eigenvalue weighted by atomic mass is 16.5. The van der Waals surface area contributed by atoms with Gasteiger partial charge in [0.1, 0.15) is 0 Å². The maximum atomic E-state index is 4.96. The zero-order chi connectivity index (χ0) is 10.7. The Morgan fingerprint density at radius 3 is 2.08 bits per heavy atom. The predicted molar refractivity (Wildman–Crippen MR) is 60.9 cm³/mol. The number of ether oxygens (including phenoxy) is 1. The van der Waals surface area contributed by atoms with Crippen molar-refractivity contribution >= 4 is 0 Å². The number of allylic oxidation sites excluding steroid dienone is 3. The van der Waals surface area contributed by atoms with Gasteiger partial charge in [-0.3, -0.25) is 0 Å². The molecule has 0 aromatic carbocycles. The van der Waals surface area contributed by atoms with E-state index < -0.39 is 0 Å². The fraction of sp³-hybridized carbons (Fsp3) is 0.500. The highest BCUT2D eigenvalue weighted by Crippen LogP contribution is 1.98. The van der Waals surface area contributed by atoms with Crippen molar-refractivity contribution in [2.75, 3.05) is 13.7 Å². The third-order valence-corrected chi connectivity index (χ3v) is 1.20. The summed E-state index contributed by atoms with van der Waals surface area (Å²) in [5.41, 5.74) is 2.38. The summed E-state index contributed by atoms with van der Waals surface area (Å²) in [5, 5.41) is 0. The summed E-state index contributed by atoms with van der Waals surface area (Å²) in [6, 6.07) is 0. The maximum Gasteiger partial charge on any atom is 0.0712 e. The van der Waals surface area contributed by atoms with Crippen LogP contribution in [0.5, 0.6) is 0 Å². The molecule has 0 radical (unpaired) electrons. The molecule has 0 spiro atoms. The molecule has 0 amide bonds. The standard InChI is InChI=1S/C10H16O.C2H6/c1-5-10(8-11-4)7-6-9(2)3;1-2/h5-7H,1,8H2,2-4H3;1-2H3/b10-7+;. The van der Waals surface area contributed by atoms with E-state index in [1.54, 1.807) is 7.11 Å². The first kappa shape index (κ1) is 14.7. The van der Waals surface area contributed by atoms with Crippen LogP contribution in [0, 0.1) is 0 Å². The molecule has 13 heavy (non-hydrogen) atoms. The molecule has 0 atom stereocenters. The zero-order valence-corrected chi connectivity index (χ0v) is 9.55. The van der Waals surface area contributed by atoms with E-state index in [9.17, 15) is 0 Å². The van der Waals surface area contributed by atoms with Crippen molar-refractivity contribution in [3.8, 4) is 0 Å². The quantitative estimate of drug-likeness (QED) is 0.602. The lowest BCUT2D eigenvalue weighted by molar-refractivity contribution is 0.228. The first-order chi connectivity index (χ1) is 6.20.